The van der Waals surface area contributed by atoms with Gasteiger partial charge in [-0.2, -0.15) is 0 Å². The van der Waals surface area contributed by atoms with E-state index in [1.165, 1.54) is 6.42 Å². The van der Waals surface area contributed by atoms with Gasteiger partial charge < -0.3 is 19.7 Å². The molecule has 3 heterocycles. The number of carbonyl (C=O) groups is 2. The maximum atomic E-state index is 12.3. The molecule has 1 aromatic rings. The molecule has 7 nitrogen and oxygen atoms in total. The summed E-state index contributed by atoms with van der Waals surface area (Å²) in [4.78, 5) is 30.6. The van der Waals surface area contributed by atoms with Crippen LogP contribution in [-0.2, 0) is 11.3 Å². The summed E-state index contributed by atoms with van der Waals surface area (Å²) in [5, 5.41) is 3.00. The molecule has 0 atom stereocenters. The van der Waals surface area contributed by atoms with Crippen LogP contribution in [0.1, 0.15) is 25.7 Å². The molecular formula is C19H31N5O2. The zero-order valence-corrected chi connectivity index (χ0v) is 15.6. The number of hydrogen-bond acceptors (Lipinski definition) is 3. The number of piperazine rings is 1. The first-order valence-corrected chi connectivity index (χ1v) is 9.86. The molecule has 2 aliphatic rings. The maximum Gasteiger partial charge on any atom is 0.317 e. The van der Waals surface area contributed by atoms with Crippen LogP contribution in [0.5, 0.6) is 0 Å². The lowest BCUT2D eigenvalue weighted by molar-refractivity contribution is -0.133. The molecule has 2 saturated heterocycles. The lowest BCUT2D eigenvalue weighted by Gasteiger charge is -2.36. The van der Waals surface area contributed by atoms with E-state index < -0.39 is 0 Å². The van der Waals surface area contributed by atoms with Crippen LogP contribution >= 0.6 is 0 Å². The van der Waals surface area contributed by atoms with E-state index in [0.717, 1.165) is 52.0 Å². The van der Waals surface area contributed by atoms with E-state index in [-0.39, 0.29) is 11.9 Å². The second kappa shape index (κ2) is 9.62. The predicted molar refractivity (Wildman–Crippen MR) is 101 cm³/mol. The van der Waals surface area contributed by atoms with Crippen molar-refractivity contribution in [2.24, 2.45) is 0 Å². The largest absolute Gasteiger partial charge is 0.354 e. The van der Waals surface area contributed by atoms with Gasteiger partial charge >= 0.3 is 6.03 Å². The topological polar surface area (TPSA) is 60.8 Å². The van der Waals surface area contributed by atoms with Gasteiger partial charge in [0.1, 0.15) is 0 Å². The maximum absolute atomic E-state index is 12.3. The van der Waals surface area contributed by atoms with Gasteiger partial charge in [0.05, 0.1) is 6.54 Å². The smallest absolute Gasteiger partial charge is 0.317 e. The molecule has 0 bridgehead atoms. The second-order valence-electron chi connectivity index (χ2n) is 7.21. The first-order chi connectivity index (χ1) is 12.7. The van der Waals surface area contributed by atoms with Gasteiger partial charge in [0.25, 0.3) is 0 Å². The minimum atomic E-state index is 0.0134. The summed E-state index contributed by atoms with van der Waals surface area (Å²) in [6.45, 7) is 6.84. The van der Waals surface area contributed by atoms with Crippen LogP contribution in [0.15, 0.2) is 24.5 Å². The van der Waals surface area contributed by atoms with Gasteiger partial charge in [0.2, 0.25) is 5.91 Å². The van der Waals surface area contributed by atoms with Crippen molar-refractivity contribution in [3.05, 3.63) is 24.5 Å². The number of rotatable bonds is 6. The Hall–Kier alpha value is -2.02. The van der Waals surface area contributed by atoms with E-state index in [2.05, 4.69) is 14.8 Å². The number of piperidine rings is 1. The summed E-state index contributed by atoms with van der Waals surface area (Å²) < 4.78 is 2.12. The molecule has 26 heavy (non-hydrogen) atoms. The van der Waals surface area contributed by atoms with E-state index in [4.69, 9.17) is 0 Å². The number of aryl methyl sites for hydroxylation is 1. The zero-order chi connectivity index (χ0) is 18.2. The Balaban J connectivity index is 1.30. The standard InChI is InChI=1S/C19H31N5O2/c25-18(23-11-2-1-3-12-23)17-22-13-15-24(16-14-22)19(26)20-7-6-10-21-8-4-5-9-21/h4-5,8-9H,1-3,6-7,10-17H2,(H,20,26). The van der Waals surface area contributed by atoms with Crippen LogP contribution in [-0.4, -0.2) is 83.6 Å². The van der Waals surface area contributed by atoms with Crippen molar-refractivity contribution in [3.63, 3.8) is 0 Å². The average molecular weight is 361 g/mol. The first-order valence-electron chi connectivity index (χ1n) is 9.86. The van der Waals surface area contributed by atoms with Crippen molar-refractivity contribution >= 4 is 11.9 Å². The molecule has 1 aromatic heterocycles. The van der Waals surface area contributed by atoms with E-state index in [0.29, 0.717) is 26.2 Å². The molecule has 0 aliphatic carbocycles. The molecule has 3 amide bonds. The molecule has 0 radical (unpaired) electrons. The number of amides is 3. The SMILES string of the molecule is O=C(CN1CCN(C(=O)NCCCn2cccc2)CC1)N1CCCCC1. The molecule has 144 valence electrons. The fourth-order valence-corrected chi connectivity index (χ4v) is 3.63. The van der Waals surface area contributed by atoms with Crippen molar-refractivity contribution in [1.82, 2.24) is 24.6 Å². The summed E-state index contributed by atoms with van der Waals surface area (Å²) >= 11 is 0. The van der Waals surface area contributed by atoms with Crippen LogP contribution in [0.4, 0.5) is 4.79 Å². The lowest BCUT2D eigenvalue weighted by Crippen LogP contribution is -2.54. The highest BCUT2D eigenvalue weighted by molar-refractivity contribution is 5.78. The second-order valence-corrected chi connectivity index (χ2v) is 7.21. The molecule has 2 fully saturated rings. The minimum Gasteiger partial charge on any atom is -0.354 e. The van der Waals surface area contributed by atoms with Gasteiger partial charge in [0, 0.05) is 64.8 Å². The summed E-state index contributed by atoms with van der Waals surface area (Å²) in [6, 6.07) is 4.03. The van der Waals surface area contributed by atoms with Crippen molar-refractivity contribution in [3.8, 4) is 0 Å². The summed E-state index contributed by atoms with van der Waals surface area (Å²) in [6.07, 6.45) is 8.49. The van der Waals surface area contributed by atoms with Crippen LogP contribution < -0.4 is 5.32 Å². The fraction of sp³-hybridized carbons (Fsp3) is 0.684. The third-order valence-corrected chi connectivity index (χ3v) is 5.26. The molecule has 7 heteroatoms. The van der Waals surface area contributed by atoms with E-state index in [9.17, 15) is 9.59 Å². The number of carbonyl (C=O) groups excluding carboxylic acids is 2. The van der Waals surface area contributed by atoms with E-state index >= 15 is 0 Å². The number of likely N-dealkylation sites (tertiary alicyclic amines) is 1. The number of nitrogens with one attached hydrogen (secondary N) is 1. The monoisotopic (exact) mass is 361 g/mol. The minimum absolute atomic E-state index is 0.0134. The van der Waals surface area contributed by atoms with Crippen LogP contribution in [0, 0.1) is 0 Å². The van der Waals surface area contributed by atoms with Gasteiger partial charge in [-0.25, -0.2) is 4.79 Å². The number of hydrogen-bond donors (Lipinski definition) is 1. The third kappa shape index (κ3) is 5.49. The molecule has 0 spiro atoms. The Morgan fingerprint density at radius 3 is 2.23 bits per heavy atom. The Kier molecular flexibility index (Phi) is 6.94. The fourth-order valence-electron chi connectivity index (χ4n) is 3.63. The van der Waals surface area contributed by atoms with Gasteiger partial charge in [-0.05, 0) is 37.8 Å². The molecule has 0 saturated carbocycles. The Morgan fingerprint density at radius 1 is 0.846 bits per heavy atom. The van der Waals surface area contributed by atoms with Gasteiger partial charge in [-0.15, -0.1) is 0 Å². The predicted octanol–water partition coefficient (Wildman–Crippen LogP) is 1.22. The van der Waals surface area contributed by atoms with Crippen LogP contribution in [0.3, 0.4) is 0 Å². The summed E-state index contributed by atoms with van der Waals surface area (Å²) in [5.74, 6) is 0.243. The summed E-state index contributed by atoms with van der Waals surface area (Å²) in [5.41, 5.74) is 0. The van der Waals surface area contributed by atoms with Gasteiger partial charge in [-0.1, -0.05) is 0 Å². The zero-order valence-electron chi connectivity index (χ0n) is 15.6. The molecule has 0 unspecified atom stereocenters. The summed E-state index contributed by atoms with van der Waals surface area (Å²) in [7, 11) is 0. The molecule has 2 aliphatic heterocycles. The quantitative estimate of drug-likeness (QED) is 0.775. The highest BCUT2D eigenvalue weighted by Crippen LogP contribution is 2.10. The highest BCUT2D eigenvalue weighted by Gasteiger charge is 2.24. The number of aromatic nitrogens is 1. The number of nitrogens with zero attached hydrogens (tertiary/aromatic N) is 4. The molecular weight excluding hydrogens is 330 g/mol. The normalized spacial score (nSPS) is 18.8. The third-order valence-electron chi connectivity index (χ3n) is 5.26. The Labute approximate surface area is 155 Å². The lowest BCUT2D eigenvalue weighted by atomic mass is 10.1. The van der Waals surface area contributed by atoms with Crippen LogP contribution in [0.2, 0.25) is 0 Å². The van der Waals surface area contributed by atoms with Crippen molar-refractivity contribution in [1.29, 1.82) is 0 Å². The van der Waals surface area contributed by atoms with Crippen molar-refractivity contribution in [2.45, 2.75) is 32.2 Å². The molecule has 0 aromatic carbocycles. The van der Waals surface area contributed by atoms with Crippen LogP contribution in [0.25, 0.3) is 0 Å². The average Bonchev–Trinajstić information content (AvgIpc) is 3.20. The Bertz CT molecular complexity index is 560. The van der Waals surface area contributed by atoms with E-state index in [1.54, 1.807) is 0 Å². The first kappa shape index (κ1) is 18.8. The number of urea groups is 1. The Morgan fingerprint density at radius 2 is 1.54 bits per heavy atom. The van der Waals surface area contributed by atoms with E-state index in [1.807, 2.05) is 34.3 Å². The van der Waals surface area contributed by atoms with Crippen molar-refractivity contribution < 1.29 is 9.59 Å². The molecule has 1 N–H and O–H groups in total. The molecule has 3 rings (SSSR count). The van der Waals surface area contributed by atoms with Gasteiger partial charge in [-0.3, -0.25) is 9.69 Å². The highest BCUT2D eigenvalue weighted by atomic mass is 16.2. The van der Waals surface area contributed by atoms with Crippen molar-refractivity contribution in [2.75, 3.05) is 52.4 Å². The van der Waals surface area contributed by atoms with Gasteiger partial charge in [0.15, 0.2) is 0 Å².